The zero-order valence-electron chi connectivity index (χ0n) is 51.1. The summed E-state index contributed by atoms with van der Waals surface area (Å²) in [6, 6.07) is 0. The molecule has 660 valence electrons. The molecule has 0 N–H and O–H groups in total. The summed E-state index contributed by atoms with van der Waals surface area (Å²) in [5.74, 6) is -155. The Morgan fingerprint density at radius 2 is 0.273 bits per heavy atom. The van der Waals surface area contributed by atoms with Crippen molar-refractivity contribution in [2.24, 2.45) is 0 Å². The molecular formula is C42H36F52N4O8S4. The summed E-state index contributed by atoms with van der Waals surface area (Å²) >= 11 is 0. The average Bonchev–Trinajstić information content (AvgIpc) is 0.719. The lowest BCUT2D eigenvalue weighted by molar-refractivity contribution is -0.433. The largest absolute Gasteiger partial charge is 0.460 e. The van der Waals surface area contributed by atoms with Crippen molar-refractivity contribution in [1.82, 2.24) is 19.6 Å². The van der Waals surface area contributed by atoms with Crippen LogP contribution in [0.1, 0.15) is 12.8 Å². The Morgan fingerprint density at radius 3 is 0.382 bits per heavy atom. The summed E-state index contributed by atoms with van der Waals surface area (Å²) in [6.45, 7) is -25.9. The normalized spacial score (nSPS) is 18.8. The van der Waals surface area contributed by atoms with E-state index < -0.39 is 294 Å². The smallest absolute Gasteiger partial charge is 0.301 e. The predicted octanol–water partition coefficient (Wildman–Crippen LogP) is 14.4. The van der Waals surface area contributed by atoms with Crippen molar-refractivity contribution in [2.75, 3.05) is 102 Å². The summed E-state index contributed by atoms with van der Waals surface area (Å²) in [5.41, 5.74) is 0. The van der Waals surface area contributed by atoms with Gasteiger partial charge in [-0.1, -0.05) is 0 Å². The second-order valence-corrected chi connectivity index (χ2v) is 31.2. The fourth-order valence-corrected chi connectivity index (χ4v) is 13.3. The highest BCUT2D eigenvalue weighted by Crippen LogP contribution is 2.66. The van der Waals surface area contributed by atoms with Crippen molar-refractivity contribution in [2.45, 2.75) is 153 Å². The molecule has 1 fully saturated rings. The van der Waals surface area contributed by atoms with Gasteiger partial charge in [0, 0.05) is 52.4 Å². The molecule has 0 atom stereocenters. The van der Waals surface area contributed by atoms with Crippen LogP contribution in [-0.2, 0) is 39.3 Å². The van der Waals surface area contributed by atoms with Gasteiger partial charge in [0.05, 0.1) is 23.0 Å². The Balaban J connectivity index is 4.56. The predicted molar refractivity (Wildman–Crippen MR) is 253 cm³/mol. The molecule has 0 amide bonds. The lowest BCUT2D eigenvalue weighted by Crippen LogP contribution is -2.71. The second-order valence-electron chi connectivity index (χ2n) is 22.6. The van der Waals surface area contributed by atoms with Crippen LogP contribution in [0.4, 0.5) is 228 Å². The van der Waals surface area contributed by atoms with Crippen LogP contribution < -0.4 is 0 Å². The summed E-state index contributed by atoms with van der Waals surface area (Å²) in [7, 11) is -32.8. The monoisotopic (exact) mass is 1840 g/mol. The van der Waals surface area contributed by atoms with Crippen molar-refractivity contribution in [3.63, 3.8) is 0 Å². The van der Waals surface area contributed by atoms with E-state index in [2.05, 4.69) is 0 Å². The molecule has 68 heteroatoms. The Kier molecular flexibility index (Phi) is 28.5. The zero-order chi connectivity index (χ0) is 89.0. The number of hydrogen-bond donors (Lipinski definition) is 0. The Morgan fingerprint density at radius 1 is 0.164 bits per heavy atom. The maximum absolute atomic E-state index is 15.0. The molecule has 0 unspecified atom stereocenters. The lowest BCUT2D eigenvalue weighted by atomic mass is 9.98. The van der Waals surface area contributed by atoms with Crippen LogP contribution in [-0.4, -0.2) is 295 Å². The third-order valence-electron chi connectivity index (χ3n) is 15.2. The van der Waals surface area contributed by atoms with Gasteiger partial charge in [-0.2, -0.15) is 228 Å². The number of alkyl halides is 52. The minimum absolute atomic E-state index is 0.366. The third kappa shape index (κ3) is 16.6. The SMILES string of the molecule is O=S(=O)(CCN1CCCN(CCS(=O)(=O)C(F)(F)C(F)(F)C(F)(F)C(F)(F)C(F)(F)C(F)(F)F)CCN(CCS(=O)(=O)C(F)(F)C(F)(F)C(F)(F)C(F)(F)C(F)(F)C(F)(F)F)CCCN(CCS(=O)(=O)C(F)(F)C(F)(F)C(F)(F)C(F)(F)C(F)(F)C(F)(F)F)CC1)C(F)(F)C(F)(F)C(F)(F)C(F)(F)C(F)(F)C(F)(F)F. The van der Waals surface area contributed by atoms with Crippen LogP contribution in [0.25, 0.3) is 0 Å². The Hall–Kier alpha value is -4.00. The third-order valence-corrected chi connectivity index (χ3v) is 22.3. The van der Waals surface area contributed by atoms with Gasteiger partial charge in [-0.15, -0.1) is 0 Å². The first-order valence-corrected chi connectivity index (χ1v) is 33.5. The van der Waals surface area contributed by atoms with Crippen molar-refractivity contribution >= 4 is 39.3 Å². The van der Waals surface area contributed by atoms with E-state index in [1.54, 1.807) is 0 Å². The maximum Gasteiger partial charge on any atom is 0.460 e. The van der Waals surface area contributed by atoms with Gasteiger partial charge >= 0.3 is 140 Å². The van der Waals surface area contributed by atoms with Gasteiger partial charge in [0.1, 0.15) is 0 Å². The number of rotatable bonds is 32. The highest BCUT2D eigenvalue weighted by Gasteiger charge is 2.97. The molecule has 1 rings (SSSR count). The van der Waals surface area contributed by atoms with Gasteiger partial charge < -0.3 is 19.6 Å². The molecule has 1 heterocycles. The molecular weight excluding hydrogens is 1800 g/mol. The van der Waals surface area contributed by atoms with Gasteiger partial charge in [0.2, 0.25) is 39.3 Å². The molecule has 0 aromatic heterocycles. The molecule has 1 saturated heterocycles. The van der Waals surface area contributed by atoms with E-state index in [1.165, 1.54) is 0 Å². The van der Waals surface area contributed by atoms with Gasteiger partial charge in [-0.3, -0.25) is 0 Å². The van der Waals surface area contributed by atoms with Crippen LogP contribution >= 0.6 is 0 Å². The van der Waals surface area contributed by atoms with Gasteiger partial charge in [-0.05, 0) is 39.0 Å². The molecule has 0 saturated carbocycles. The van der Waals surface area contributed by atoms with E-state index >= 15 is 35.1 Å². The number of hydrogen-bond acceptors (Lipinski definition) is 12. The maximum atomic E-state index is 15.0. The topological polar surface area (TPSA) is 150 Å². The molecule has 1 aliphatic heterocycles. The van der Waals surface area contributed by atoms with Crippen molar-refractivity contribution in [1.29, 1.82) is 0 Å². The van der Waals surface area contributed by atoms with E-state index in [0.29, 0.717) is 0 Å². The number of nitrogens with zero attached hydrogens (tertiary/aromatic N) is 4. The summed E-state index contributed by atoms with van der Waals surface area (Å²) in [5, 5.41) is -33.0. The minimum Gasteiger partial charge on any atom is -0.301 e. The molecule has 0 spiro atoms. The Bertz CT molecular complexity index is 3180. The fraction of sp³-hybridized carbons (Fsp3) is 1.00. The molecule has 110 heavy (non-hydrogen) atoms. The van der Waals surface area contributed by atoms with Gasteiger partial charge in [0.25, 0.3) is 0 Å². The highest BCUT2D eigenvalue weighted by atomic mass is 32.2. The molecule has 0 aliphatic carbocycles. The van der Waals surface area contributed by atoms with Crippen LogP contribution in [0.3, 0.4) is 0 Å². The summed E-state index contributed by atoms with van der Waals surface area (Å²) in [6.07, 6.45) is -36.4. The van der Waals surface area contributed by atoms with Crippen LogP contribution in [0, 0.1) is 0 Å². The van der Waals surface area contributed by atoms with E-state index in [4.69, 9.17) is 0 Å². The number of halogens is 52. The van der Waals surface area contributed by atoms with Crippen LogP contribution in [0.15, 0.2) is 0 Å². The second kappa shape index (κ2) is 30.2. The molecule has 1 aliphatic rings. The molecule has 0 radical (unpaired) electrons. The van der Waals surface area contributed by atoms with E-state index in [0.717, 1.165) is 0 Å². The Labute approximate surface area is 575 Å². The standard InChI is InChI=1S/C42H36F52N4O8S4/c43-19(44,27(59,60)35(75,76)77)23(51,52)31(67,68)39(87,88)107(99,100)15-11-95-3-1-4-96(12-16-108(101,102)40(89,90)32(69,70)24(53,54)20(45,46)28(61,62)36(78,79)80)8-10-98(14-18-110(105,106)42(93,94)34(73,74)26(57,58)22(49,50)30(65,66)38(84,85)86)6-2-5-97(9-7-95)13-17-109(103,104)41(91,92)33(71,72)25(55,56)21(47,48)29(63,64)37(81,82)83/h1-18H2. The van der Waals surface area contributed by atoms with Crippen LogP contribution in [0.2, 0.25) is 0 Å². The molecule has 0 aromatic rings. The molecule has 0 bridgehead atoms. The molecule has 0 aromatic carbocycles. The van der Waals surface area contributed by atoms with E-state index in [9.17, 15) is 227 Å². The molecule has 12 nitrogen and oxygen atoms in total. The average molecular weight is 1840 g/mol. The summed E-state index contributed by atoms with van der Waals surface area (Å²) < 4.78 is 826. The first-order chi connectivity index (χ1) is 47.3. The van der Waals surface area contributed by atoms with Crippen molar-refractivity contribution in [3.8, 4) is 0 Å². The zero-order valence-corrected chi connectivity index (χ0v) is 54.3. The van der Waals surface area contributed by atoms with Crippen molar-refractivity contribution in [3.05, 3.63) is 0 Å². The van der Waals surface area contributed by atoms with Crippen molar-refractivity contribution < 1.29 is 262 Å². The van der Waals surface area contributed by atoms with E-state index in [1.807, 2.05) is 0 Å². The minimum atomic E-state index is -9.02. The number of sulfone groups is 4. The lowest BCUT2D eigenvalue weighted by Gasteiger charge is -2.39. The highest BCUT2D eigenvalue weighted by molar-refractivity contribution is 7.93. The van der Waals surface area contributed by atoms with Crippen LogP contribution in [0.5, 0.6) is 0 Å². The first-order valence-electron chi connectivity index (χ1n) is 26.9. The quantitative estimate of drug-likeness (QED) is 0.0590. The fourth-order valence-electron chi connectivity index (χ4n) is 8.25. The van der Waals surface area contributed by atoms with Gasteiger partial charge in [0.15, 0.2) is 0 Å². The van der Waals surface area contributed by atoms with E-state index in [-0.39, 0.29) is 19.6 Å². The van der Waals surface area contributed by atoms with Gasteiger partial charge in [-0.25, -0.2) is 33.7 Å². The summed E-state index contributed by atoms with van der Waals surface area (Å²) in [4.78, 5) is -1.46. The first kappa shape index (κ1) is 104.